The fraction of sp³-hybridized carbons (Fsp3) is 0.800. The number of aliphatic hydroxyl groups is 1. The number of ketones is 1. The Bertz CT molecular complexity index is 217. The van der Waals surface area contributed by atoms with Crippen LogP contribution >= 0.6 is 0 Å². The summed E-state index contributed by atoms with van der Waals surface area (Å²) in [5.41, 5.74) is 0. The van der Waals surface area contributed by atoms with Crippen LogP contribution in [0, 0.1) is 0 Å². The van der Waals surface area contributed by atoms with E-state index < -0.39 is 6.10 Å². The molecule has 0 aromatic heterocycles. The zero-order valence-corrected chi connectivity index (χ0v) is 9.54. The van der Waals surface area contributed by atoms with Gasteiger partial charge in [0.1, 0.15) is 5.78 Å². The first-order valence-corrected chi connectivity index (χ1v) is 5.08. The Labute approximate surface area is 90.2 Å². The fourth-order valence-corrected chi connectivity index (χ4v) is 1.21. The second-order valence-electron chi connectivity index (χ2n) is 3.69. The van der Waals surface area contributed by atoms with Crippen molar-refractivity contribution in [1.82, 2.24) is 10.6 Å². The molecule has 0 bridgehead atoms. The van der Waals surface area contributed by atoms with Crippen LogP contribution in [0.2, 0.25) is 0 Å². The molecule has 0 aromatic rings. The lowest BCUT2D eigenvalue weighted by Crippen LogP contribution is -2.45. The topological polar surface area (TPSA) is 78.4 Å². The third-order valence-electron chi connectivity index (χ3n) is 2.07. The molecule has 5 heteroatoms. The van der Waals surface area contributed by atoms with Gasteiger partial charge >= 0.3 is 0 Å². The molecule has 5 nitrogen and oxygen atoms in total. The third kappa shape index (κ3) is 7.04. The summed E-state index contributed by atoms with van der Waals surface area (Å²) < 4.78 is 0. The number of carbonyl (C=O) groups is 2. The van der Waals surface area contributed by atoms with Crippen molar-refractivity contribution in [2.24, 2.45) is 0 Å². The molecule has 0 spiro atoms. The summed E-state index contributed by atoms with van der Waals surface area (Å²) in [6.45, 7) is 3.31. The maximum absolute atomic E-state index is 11.2. The van der Waals surface area contributed by atoms with Gasteiger partial charge in [0.15, 0.2) is 0 Å². The second kappa shape index (κ2) is 7.36. The van der Waals surface area contributed by atoms with Gasteiger partial charge in [0.05, 0.1) is 18.7 Å². The average Bonchev–Trinajstić information content (AvgIpc) is 2.11. The molecule has 0 heterocycles. The molecule has 0 fully saturated rings. The number of nitrogens with one attached hydrogen (secondary N) is 2. The highest BCUT2D eigenvalue weighted by atomic mass is 16.3. The zero-order valence-electron chi connectivity index (χ0n) is 9.54. The maximum atomic E-state index is 11.2. The van der Waals surface area contributed by atoms with E-state index in [0.717, 1.165) is 0 Å². The van der Waals surface area contributed by atoms with Crippen LogP contribution in [0.25, 0.3) is 0 Å². The fourth-order valence-electron chi connectivity index (χ4n) is 1.21. The molecule has 3 N–H and O–H groups in total. The van der Waals surface area contributed by atoms with Crippen LogP contribution < -0.4 is 10.6 Å². The predicted molar refractivity (Wildman–Crippen MR) is 57.5 cm³/mol. The monoisotopic (exact) mass is 216 g/mol. The molecule has 0 aliphatic carbocycles. The van der Waals surface area contributed by atoms with Gasteiger partial charge in [-0.15, -0.1) is 0 Å². The Morgan fingerprint density at radius 3 is 2.40 bits per heavy atom. The Morgan fingerprint density at radius 1 is 1.40 bits per heavy atom. The van der Waals surface area contributed by atoms with Gasteiger partial charge in [0.2, 0.25) is 5.91 Å². The smallest absolute Gasteiger partial charge is 0.234 e. The number of rotatable bonds is 7. The first-order valence-electron chi connectivity index (χ1n) is 5.08. The van der Waals surface area contributed by atoms with Crippen LogP contribution in [-0.2, 0) is 9.59 Å². The van der Waals surface area contributed by atoms with Crippen LogP contribution in [-0.4, -0.2) is 42.5 Å². The summed E-state index contributed by atoms with van der Waals surface area (Å²) in [6, 6.07) is -0.352. The zero-order chi connectivity index (χ0) is 11.8. The van der Waals surface area contributed by atoms with Crippen LogP contribution in [0.1, 0.15) is 26.7 Å². The van der Waals surface area contributed by atoms with E-state index in [1.807, 2.05) is 0 Å². The number of carbonyl (C=O) groups excluding carboxylic acids is 2. The normalized spacial score (nSPS) is 14.4. The molecule has 0 aliphatic heterocycles. The quantitative estimate of drug-likeness (QED) is 0.533. The molecule has 0 rings (SSSR count). The molecule has 0 saturated heterocycles. The summed E-state index contributed by atoms with van der Waals surface area (Å²) in [5.74, 6) is -0.115. The molecule has 0 aliphatic rings. The van der Waals surface area contributed by atoms with E-state index in [1.54, 1.807) is 14.0 Å². The minimum absolute atomic E-state index is 0.0588. The summed E-state index contributed by atoms with van der Waals surface area (Å²) in [4.78, 5) is 22.0. The van der Waals surface area contributed by atoms with E-state index in [2.05, 4.69) is 10.6 Å². The van der Waals surface area contributed by atoms with Gasteiger partial charge in [-0.1, -0.05) is 0 Å². The second-order valence-corrected chi connectivity index (χ2v) is 3.69. The molecular weight excluding hydrogens is 196 g/mol. The Morgan fingerprint density at radius 2 is 2.00 bits per heavy atom. The lowest BCUT2D eigenvalue weighted by molar-refractivity contribution is -0.122. The van der Waals surface area contributed by atoms with Gasteiger partial charge in [-0.25, -0.2) is 0 Å². The van der Waals surface area contributed by atoms with Crippen molar-refractivity contribution < 1.29 is 14.7 Å². The number of Topliss-reactive ketones (excluding diaryl/α,β-unsaturated/α-hetero) is 1. The van der Waals surface area contributed by atoms with Crippen LogP contribution in [0.5, 0.6) is 0 Å². The van der Waals surface area contributed by atoms with Crippen molar-refractivity contribution in [2.45, 2.75) is 38.8 Å². The van der Waals surface area contributed by atoms with E-state index in [9.17, 15) is 14.7 Å². The highest BCUT2D eigenvalue weighted by Crippen LogP contribution is 2.03. The number of amides is 1. The SMILES string of the molecule is CNCC(=O)NC(CCC(C)=O)C(C)O. The van der Waals surface area contributed by atoms with E-state index in [-0.39, 0.29) is 24.3 Å². The molecule has 88 valence electrons. The maximum Gasteiger partial charge on any atom is 0.234 e. The standard InChI is InChI=1S/C10H20N2O3/c1-7(13)4-5-9(8(2)14)12-10(15)6-11-3/h8-9,11,14H,4-6H2,1-3H3,(H,12,15). The van der Waals surface area contributed by atoms with Crippen molar-refractivity contribution in [3.63, 3.8) is 0 Å². The van der Waals surface area contributed by atoms with Crippen LogP contribution in [0.4, 0.5) is 0 Å². The van der Waals surface area contributed by atoms with Crippen LogP contribution in [0.15, 0.2) is 0 Å². The number of hydrogen-bond donors (Lipinski definition) is 3. The van der Waals surface area contributed by atoms with Gasteiger partial charge in [0, 0.05) is 6.42 Å². The molecule has 1 amide bonds. The lowest BCUT2D eigenvalue weighted by Gasteiger charge is -2.20. The highest BCUT2D eigenvalue weighted by molar-refractivity contribution is 5.78. The van der Waals surface area contributed by atoms with Gasteiger partial charge in [0.25, 0.3) is 0 Å². The lowest BCUT2D eigenvalue weighted by atomic mass is 10.0. The van der Waals surface area contributed by atoms with Crippen molar-refractivity contribution in [2.75, 3.05) is 13.6 Å². The summed E-state index contributed by atoms with van der Waals surface area (Å²) >= 11 is 0. The molecule has 15 heavy (non-hydrogen) atoms. The van der Waals surface area contributed by atoms with Crippen molar-refractivity contribution in [1.29, 1.82) is 0 Å². The third-order valence-corrected chi connectivity index (χ3v) is 2.07. The average molecular weight is 216 g/mol. The molecule has 0 saturated carbocycles. The van der Waals surface area contributed by atoms with E-state index in [1.165, 1.54) is 6.92 Å². The van der Waals surface area contributed by atoms with Gasteiger partial charge in [-0.05, 0) is 27.3 Å². The van der Waals surface area contributed by atoms with E-state index in [4.69, 9.17) is 0 Å². The van der Waals surface area contributed by atoms with Gasteiger partial charge in [-0.2, -0.15) is 0 Å². The molecule has 0 radical (unpaired) electrons. The molecule has 2 unspecified atom stereocenters. The van der Waals surface area contributed by atoms with Gasteiger partial charge < -0.3 is 20.5 Å². The van der Waals surface area contributed by atoms with Gasteiger partial charge in [-0.3, -0.25) is 4.79 Å². The number of hydrogen-bond acceptors (Lipinski definition) is 4. The van der Waals surface area contributed by atoms with Crippen LogP contribution in [0.3, 0.4) is 0 Å². The minimum Gasteiger partial charge on any atom is -0.391 e. The minimum atomic E-state index is -0.648. The van der Waals surface area contributed by atoms with Crippen molar-refractivity contribution in [3.8, 4) is 0 Å². The van der Waals surface area contributed by atoms with Crippen molar-refractivity contribution >= 4 is 11.7 Å². The van der Waals surface area contributed by atoms with E-state index >= 15 is 0 Å². The number of aliphatic hydroxyl groups excluding tert-OH is 1. The Kier molecular flexibility index (Phi) is 6.90. The Balaban J connectivity index is 4.04. The Hall–Kier alpha value is -0.940. The summed E-state index contributed by atoms with van der Waals surface area (Å²) in [5, 5.41) is 14.8. The van der Waals surface area contributed by atoms with Crippen molar-refractivity contribution in [3.05, 3.63) is 0 Å². The predicted octanol–water partition coefficient (Wildman–Crippen LogP) is -0.559. The first kappa shape index (κ1) is 14.1. The molecular formula is C10H20N2O3. The first-order chi connectivity index (χ1) is 6.97. The largest absolute Gasteiger partial charge is 0.391 e. The highest BCUT2D eigenvalue weighted by Gasteiger charge is 2.17. The summed E-state index contributed by atoms with van der Waals surface area (Å²) in [7, 11) is 1.67. The molecule has 0 aromatic carbocycles. The number of likely N-dealkylation sites (N-methyl/N-ethyl adjacent to an activating group) is 1. The molecule has 2 atom stereocenters. The van der Waals surface area contributed by atoms with E-state index in [0.29, 0.717) is 12.8 Å². The summed E-state index contributed by atoms with van der Waals surface area (Å²) in [6.07, 6.45) is 0.197.